The van der Waals surface area contributed by atoms with E-state index < -0.39 is 6.67 Å². The molecular formula is C10H15FN2. The predicted octanol–water partition coefficient (Wildman–Crippen LogP) is 2.09. The Morgan fingerprint density at radius 2 is 2.23 bits per heavy atom. The van der Waals surface area contributed by atoms with Crippen molar-refractivity contribution in [2.45, 2.75) is 25.9 Å². The van der Waals surface area contributed by atoms with Crippen LogP contribution in [-0.2, 0) is 0 Å². The average molecular weight is 182 g/mol. The molecule has 1 atom stereocenters. The van der Waals surface area contributed by atoms with E-state index in [2.05, 4.69) is 10.3 Å². The predicted molar refractivity (Wildman–Crippen MR) is 51.2 cm³/mol. The molecule has 1 N–H and O–H groups in total. The summed E-state index contributed by atoms with van der Waals surface area (Å²) in [4.78, 5) is 4.10. The lowest BCUT2D eigenvalue weighted by atomic mass is 10.2. The van der Waals surface area contributed by atoms with E-state index in [0.717, 1.165) is 5.69 Å². The van der Waals surface area contributed by atoms with E-state index >= 15 is 0 Å². The highest BCUT2D eigenvalue weighted by Gasteiger charge is 2.12. The van der Waals surface area contributed by atoms with Crippen LogP contribution in [0.25, 0.3) is 0 Å². The van der Waals surface area contributed by atoms with E-state index in [1.165, 1.54) is 0 Å². The molecule has 0 saturated heterocycles. The Morgan fingerprint density at radius 3 is 2.69 bits per heavy atom. The Bertz CT molecular complexity index is 236. The fourth-order valence-electron chi connectivity index (χ4n) is 1.19. The first kappa shape index (κ1) is 10.1. The largest absolute Gasteiger partial charge is 0.304 e. The van der Waals surface area contributed by atoms with Crippen molar-refractivity contribution < 1.29 is 4.39 Å². The van der Waals surface area contributed by atoms with Gasteiger partial charge in [-0.15, -0.1) is 0 Å². The van der Waals surface area contributed by atoms with Crippen molar-refractivity contribution in [1.29, 1.82) is 0 Å². The summed E-state index contributed by atoms with van der Waals surface area (Å²) in [6, 6.07) is 5.52. The monoisotopic (exact) mass is 182 g/mol. The van der Waals surface area contributed by atoms with Crippen LogP contribution in [-0.4, -0.2) is 17.7 Å². The molecule has 0 aliphatic carbocycles. The molecule has 13 heavy (non-hydrogen) atoms. The highest BCUT2D eigenvalue weighted by molar-refractivity contribution is 5.08. The van der Waals surface area contributed by atoms with Crippen LogP contribution in [0.5, 0.6) is 0 Å². The first-order chi connectivity index (χ1) is 6.24. The molecule has 1 aromatic heterocycles. The van der Waals surface area contributed by atoms with Gasteiger partial charge in [0.15, 0.2) is 0 Å². The van der Waals surface area contributed by atoms with Crippen molar-refractivity contribution >= 4 is 0 Å². The standard InChI is InChI=1S/C10H15FN2/c1-8(2)13-10(7-11)9-5-3-4-6-12-9/h3-6,8,10,13H,7H2,1-2H3. The van der Waals surface area contributed by atoms with E-state index in [1.807, 2.05) is 32.0 Å². The third kappa shape index (κ3) is 3.11. The SMILES string of the molecule is CC(C)NC(CF)c1ccccn1. The van der Waals surface area contributed by atoms with Gasteiger partial charge in [-0.05, 0) is 12.1 Å². The molecule has 0 spiro atoms. The highest BCUT2D eigenvalue weighted by atomic mass is 19.1. The summed E-state index contributed by atoms with van der Waals surface area (Å²) in [6.07, 6.45) is 1.68. The molecular weight excluding hydrogens is 167 g/mol. The fourth-order valence-corrected chi connectivity index (χ4v) is 1.19. The fraction of sp³-hybridized carbons (Fsp3) is 0.500. The minimum Gasteiger partial charge on any atom is -0.304 e. The van der Waals surface area contributed by atoms with Gasteiger partial charge in [0.25, 0.3) is 0 Å². The molecule has 2 nitrogen and oxygen atoms in total. The summed E-state index contributed by atoms with van der Waals surface area (Å²) in [6.45, 7) is 3.56. The zero-order valence-electron chi connectivity index (χ0n) is 8.00. The molecule has 0 aliphatic rings. The van der Waals surface area contributed by atoms with Crippen molar-refractivity contribution in [3.05, 3.63) is 30.1 Å². The molecule has 0 bridgehead atoms. The topological polar surface area (TPSA) is 24.9 Å². The zero-order chi connectivity index (χ0) is 9.68. The summed E-state index contributed by atoms with van der Waals surface area (Å²) in [7, 11) is 0. The van der Waals surface area contributed by atoms with Gasteiger partial charge < -0.3 is 5.32 Å². The average Bonchev–Trinajstić information content (AvgIpc) is 2.15. The van der Waals surface area contributed by atoms with Crippen LogP contribution in [0.1, 0.15) is 25.6 Å². The number of alkyl halides is 1. The minimum absolute atomic E-state index is 0.266. The molecule has 0 aromatic carbocycles. The van der Waals surface area contributed by atoms with Gasteiger partial charge in [-0.1, -0.05) is 19.9 Å². The Morgan fingerprint density at radius 1 is 1.46 bits per heavy atom. The van der Waals surface area contributed by atoms with E-state index in [4.69, 9.17) is 0 Å². The molecule has 3 heteroatoms. The number of hydrogen-bond donors (Lipinski definition) is 1. The molecule has 0 aliphatic heterocycles. The molecule has 0 saturated carbocycles. The number of hydrogen-bond acceptors (Lipinski definition) is 2. The number of halogens is 1. The van der Waals surface area contributed by atoms with Crippen LogP contribution in [0.3, 0.4) is 0 Å². The third-order valence-corrected chi connectivity index (χ3v) is 1.73. The van der Waals surface area contributed by atoms with Gasteiger partial charge >= 0.3 is 0 Å². The zero-order valence-corrected chi connectivity index (χ0v) is 8.00. The summed E-state index contributed by atoms with van der Waals surface area (Å²) in [5.41, 5.74) is 0.763. The summed E-state index contributed by atoms with van der Waals surface area (Å²) < 4.78 is 12.6. The van der Waals surface area contributed by atoms with E-state index in [9.17, 15) is 4.39 Å². The molecule has 1 unspecified atom stereocenters. The Hall–Kier alpha value is -0.960. The molecule has 1 rings (SSSR count). The molecule has 1 aromatic rings. The summed E-state index contributed by atoms with van der Waals surface area (Å²) in [5, 5.41) is 3.11. The van der Waals surface area contributed by atoms with Gasteiger partial charge in [0, 0.05) is 12.2 Å². The second-order valence-corrected chi connectivity index (χ2v) is 3.28. The number of pyridine rings is 1. The van der Waals surface area contributed by atoms with Gasteiger partial charge in [0.1, 0.15) is 6.67 Å². The van der Waals surface area contributed by atoms with Gasteiger partial charge in [0.05, 0.1) is 11.7 Å². The molecule has 0 radical (unpaired) electrons. The van der Waals surface area contributed by atoms with Crippen molar-refractivity contribution in [3.8, 4) is 0 Å². The van der Waals surface area contributed by atoms with Crippen LogP contribution in [0.4, 0.5) is 4.39 Å². The molecule has 0 fully saturated rings. The minimum atomic E-state index is -0.421. The lowest BCUT2D eigenvalue weighted by molar-refractivity contribution is 0.356. The normalized spacial score (nSPS) is 13.2. The maximum Gasteiger partial charge on any atom is 0.110 e. The van der Waals surface area contributed by atoms with E-state index in [1.54, 1.807) is 6.20 Å². The van der Waals surface area contributed by atoms with Crippen molar-refractivity contribution in [3.63, 3.8) is 0 Å². The van der Waals surface area contributed by atoms with Crippen LogP contribution in [0.15, 0.2) is 24.4 Å². The summed E-state index contributed by atoms with van der Waals surface area (Å²) in [5.74, 6) is 0. The van der Waals surface area contributed by atoms with Crippen LogP contribution in [0.2, 0.25) is 0 Å². The number of nitrogens with zero attached hydrogens (tertiary/aromatic N) is 1. The summed E-state index contributed by atoms with van der Waals surface area (Å²) >= 11 is 0. The Kier molecular flexibility index (Phi) is 3.83. The van der Waals surface area contributed by atoms with Crippen molar-refractivity contribution in [1.82, 2.24) is 10.3 Å². The smallest absolute Gasteiger partial charge is 0.110 e. The van der Waals surface area contributed by atoms with Crippen LogP contribution >= 0.6 is 0 Å². The van der Waals surface area contributed by atoms with Gasteiger partial charge in [-0.2, -0.15) is 0 Å². The lowest BCUT2D eigenvalue weighted by Gasteiger charge is -2.17. The van der Waals surface area contributed by atoms with Gasteiger partial charge in [0.2, 0.25) is 0 Å². The van der Waals surface area contributed by atoms with Crippen molar-refractivity contribution in [2.75, 3.05) is 6.67 Å². The maximum atomic E-state index is 12.6. The quantitative estimate of drug-likeness (QED) is 0.771. The van der Waals surface area contributed by atoms with E-state index in [-0.39, 0.29) is 12.1 Å². The number of rotatable bonds is 4. The van der Waals surface area contributed by atoms with Gasteiger partial charge in [-0.25, -0.2) is 4.39 Å². The second-order valence-electron chi connectivity index (χ2n) is 3.28. The second kappa shape index (κ2) is 4.92. The first-order valence-corrected chi connectivity index (χ1v) is 4.47. The van der Waals surface area contributed by atoms with E-state index in [0.29, 0.717) is 0 Å². The third-order valence-electron chi connectivity index (χ3n) is 1.73. The van der Waals surface area contributed by atoms with Crippen LogP contribution < -0.4 is 5.32 Å². The Labute approximate surface area is 78.2 Å². The molecule has 1 heterocycles. The maximum absolute atomic E-state index is 12.6. The molecule has 72 valence electrons. The molecule has 0 amide bonds. The van der Waals surface area contributed by atoms with Gasteiger partial charge in [-0.3, -0.25) is 4.98 Å². The lowest BCUT2D eigenvalue weighted by Crippen LogP contribution is -2.30. The number of aromatic nitrogens is 1. The van der Waals surface area contributed by atoms with Crippen molar-refractivity contribution in [2.24, 2.45) is 0 Å². The highest BCUT2D eigenvalue weighted by Crippen LogP contribution is 2.10. The van der Waals surface area contributed by atoms with Crippen LogP contribution in [0, 0.1) is 0 Å². The number of nitrogens with one attached hydrogen (secondary N) is 1. The Balaban J connectivity index is 2.67. The first-order valence-electron chi connectivity index (χ1n) is 4.47.